The lowest BCUT2D eigenvalue weighted by molar-refractivity contribution is -0.132. The zero-order valence-corrected chi connectivity index (χ0v) is 27.2. The summed E-state index contributed by atoms with van der Waals surface area (Å²) in [7, 11) is 1.55. The van der Waals surface area contributed by atoms with Crippen LogP contribution in [0.4, 0.5) is 5.13 Å². The number of anilines is 1. The van der Waals surface area contributed by atoms with E-state index in [2.05, 4.69) is 16.3 Å². The van der Waals surface area contributed by atoms with E-state index in [0.717, 1.165) is 16.7 Å². The van der Waals surface area contributed by atoms with Gasteiger partial charge in [-0.25, -0.2) is 0 Å². The van der Waals surface area contributed by atoms with Crippen molar-refractivity contribution in [2.75, 3.05) is 12.0 Å². The number of methoxy groups -OCH3 is 1. The Morgan fingerprint density at radius 2 is 1.70 bits per heavy atom. The molecule has 6 rings (SSSR count). The van der Waals surface area contributed by atoms with Crippen LogP contribution >= 0.6 is 34.7 Å². The number of ketones is 1. The zero-order chi connectivity index (χ0) is 32.2. The smallest absolute Gasteiger partial charge is 0.301 e. The summed E-state index contributed by atoms with van der Waals surface area (Å²) < 4.78 is 11.8. The number of Topliss-reactive ketones (excluding diaryl/α,β-unsaturated/α-hetero) is 1. The standard InChI is InChI=1S/C35H28ClN3O5S2/c1-21-6-5-7-22(18-21)19-44-27-16-12-24(13-17-27)31(40)29-30(23-10-14-26(43-2)15-11-23)39(33(42)32(29)41)34-37-38-35(46-34)45-20-25-8-3-4-9-28(25)36/h3-18,30,40H,19-20H2,1-2H3. The lowest BCUT2D eigenvalue weighted by atomic mass is 9.95. The lowest BCUT2D eigenvalue weighted by Gasteiger charge is -2.22. The molecule has 1 N–H and O–H groups in total. The summed E-state index contributed by atoms with van der Waals surface area (Å²) in [5.74, 6) is -0.167. The van der Waals surface area contributed by atoms with Crippen molar-refractivity contribution < 1.29 is 24.2 Å². The number of aliphatic hydroxyl groups excluding tert-OH is 1. The summed E-state index contributed by atoms with van der Waals surface area (Å²) in [5, 5.41) is 21.0. The van der Waals surface area contributed by atoms with Crippen LogP contribution in [0.5, 0.6) is 11.5 Å². The lowest BCUT2D eigenvalue weighted by Crippen LogP contribution is -2.29. The molecule has 0 aliphatic carbocycles. The van der Waals surface area contributed by atoms with E-state index in [9.17, 15) is 14.7 Å². The van der Waals surface area contributed by atoms with Crippen molar-refractivity contribution in [3.63, 3.8) is 0 Å². The van der Waals surface area contributed by atoms with Gasteiger partial charge in [-0.3, -0.25) is 14.5 Å². The van der Waals surface area contributed by atoms with Gasteiger partial charge in [0.05, 0.1) is 18.7 Å². The van der Waals surface area contributed by atoms with Gasteiger partial charge in [0.2, 0.25) is 5.13 Å². The van der Waals surface area contributed by atoms with Crippen molar-refractivity contribution in [1.82, 2.24) is 10.2 Å². The molecule has 1 aromatic heterocycles. The molecule has 1 atom stereocenters. The van der Waals surface area contributed by atoms with E-state index >= 15 is 0 Å². The Balaban J connectivity index is 1.30. The maximum Gasteiger partial charge on any atom is 0.301 e. The average molecular weight is 670 g/mol. The van der Waals surface area contributed by atoms with Gasteiger partial charge in [-0.2, -0.15) is 0 Å². The molecule has 0 spiro atoms. The molecule has 0 saturated carbocycles. The van der Waals surface area contributed by atoms with Crippen LogP contribution in [0.15, 0.2) is 107 Å². The summed E-state index contributed by atoms with van der Waals surface area (Å²) in [4.78, 5) is 28.5. The fourth-order valence-corrected chi connectivity index (χ4v) is 7.23. The molecular formula is C35H28ClN3O5S2. The van der Waals surface area contributed by atoms with Crippen molar-refractivity contribution in [3.8, 4) is 11.5 Å². The number of carbonyl (C=O) groups excluding carboxylic acids is 2. The number of aryl methyl sites for hydroxylation is 1. The van der Waals surface area contributed by atoms with E-state index in [4.69, 9.17) is 21.1 Å². The third kappa shape index (κ3) is 6.64. The second-order valence-electron chi connectivity index (χ2n) is 10.5. The van der Waals surface area contributed by atoms with Gasteiger partial charge in [0.1, 0.15) is 23.9 Å². The molecule has 8 nitrogen and oxygen atoms in total. The third-order valence-electron chi connectivity index (χ3n) is 7.40. The van der Waals surface area contributed by atoms with E-state index in [1.807, 2.05) is 49.4 Å². The molecule has 1 unspecified atom stereocenters. The highest BCUT2D eigenvalue weighted by atomic mass is 35.5. The van der Waals surface area contributed by atoms with E-state index in [0.29, 0.717) is 44.3 Å². The second kappa shape index (κ2) is 13.8. The Labute approximate surface area is 279 Å². The minimum atomic E-state index is -0.947. The summed E-state index contributed by atoms with van der Waals surface area (Å²) in [5.41, 5.74) is 4.03. The number of halogens is 1. The number of amides is 1. The van der Waals surface area contributed by atoms with Gasteiger partial charge in [-0.1, -0.05) is 94.9 Å². The molecule has 232 valence electrons. The molecule has 2 heterocycles. The average Bonchev–Trinajstić information content (AvgIpc) is 3.65. The molecule has 0 radical (unpaired) electrons. The first-order valence-corrected chi connectivity index (χ1v) is 16.4. The number of thioether (sulfide) groups is 1. The Bertz CT molecular complexity index is 1930. The normalized spacial score (nSPS) is 15.7. The number of aliphatic hydroxyl groups is 1. The molecule has 4 aromatic carbocycles. The SMILES string of the molecule is COc1ccc(C2C(=C(O)c3ccc(OCc4cccc(C)c4)cc3)C(=O)C(=O)N2c2nnc(SCc3ccccc3Cl)s2)cc1. The van der Waals surface area contributed by atoms with Gasteiger partial charge in [0.25, 0.3) is 5.78 Å². The quantitative estimate of drug-likeness (QED) is 0.0525. The topological polar surface area (TPSA) is 102 Å². The minimum absolute atomic E-state index is 0.0518. The summed E-state index contributed by atoms with van der Waals surface area (Å²) in [6.07, 6.45) is 0. The fraction of sp³-hybridized carbons (Fsp3) is 0.143. The monoisotopic (exact) mass is 669 g/mol. The van der Waals surface area contributed by atoms with Crippen molar-refractivity contribution in [2.24, 2.45) is 0 Å². The van der Waals surface area contributed by atoms with Gasteiger partial charge < -0.3 is 14.6 Å². The van der Waals surface area contributed by atoms with E-state index < -0.39 is 17.7 Å². The highest BCUT2D eigenvalue weighted by molar-refractivity contribution is 8.00. The van der Waals surface area contributed by atoms with E-state index in [1.165, 1.54) is 28.0 Å². The first-order valence-electron chi connectivity index (χ1n) is 14.3. The van der Waals surface area contributed by atoms with Crippen LogP contribution in [0.3, 0.4) is 0 Å². The number of ether oxygens (including phenoxy) is 2. The Morgan fingerprint density at radius 1 is 0.957 bits per heavy atom. The van der Waals surface area contributed by atoms with Crippen molar-refractivity contribution in [2.45, 2.75) is 29.7 Å². The number of rotatable bonds is 10. The second-order valence-corrected chi connectivity index (χ2v) is 13.1. The number of carbonyl (C=O) groups is 2. The molecule has 1 fully saturated rings. The molecule has 5 aromatic rings. The first-order chi connectivity index (χ1) is 22.3. The Kier molecular flexibility index (Phi) is 9.39. The van der Waals surface area contributed by atoms with Gasteiger partial charge in [-0.15, -0.1) is 10.2 Å². The van der Waals surface area contributed by atoms with Crippen LogP contribution in [0.25, 0.3) is 5.76 Å². The van der Waals surface area contributed by atoms with E-state index in [-0.39, 0.29) is 16.5 Å². The first kappa shape index (κ1) is 31.3. The van der Waals surface area contributed by atoms with Crippen LogP contribution in [0.1, 0.15) is 33.9 Å². The molecule has 46 heavy (non-hydrogen) atoms. The molecule has 1 amide bonds. The number of nitrogens with zero attached hydrogens (tertiary/aromatic N) is 3. The fourth-order valence-electron chi connectivity index (χ4n) is 5.08. The summed E-state index contributed by atoms with van der Waals surface area (Å²) in [6.45, 7) is 2.41. The summed E-state index contributed by atoms with van der Waals surface area (Å²) in [6, 6.07) is 28.4. The molecular weight excluding hydrogens is 642 g/mol. The zero-order valence-electron chi connectivity index (χ0n) is 24.8. The predicted octanol–water partition coefficient (Wildman–Crippen LogP) is 8.01. The Morgan fingerprint density at radius 3 is 2.41 bits per heavy atom. The highest BCUT2D eigenvalue weighted by Gasteiger charge is 2.48. The van der Waals surface area contributed by atoms with Crippen LogP contribution in [-0.4, -0.2) is 34.1 Å². The predicted molar refractivity (Wildman–Crippen MR) is 181 cm³/mol. The molecule has 0 bridgehead atoms. The molecule has 1 aliphatic heterocycles. The highest BCUT2D eigenvalue weighted by Crippen LogP contribution is 2.44. The van der Waals surface area contributed by atoms with Crippen LogP contribution in [0.2, 0.25) is 5.02 Å². The third-order valence-corrected chi connectivity index (χ3v) is 9.88. The number of hydrogen-bond acceptors (Lipinski definition) is 9. The maximum atomic E-state index is 13.6. The minimum Gasteiger partial charge on any atom is -0.507 e. The number of benzene rings is 4. The molecule has 1 saturated heterocycles. The van der Waals surface area contributed by atoms with Gasteiger partial charge in [0.15, 0.2) is 4.34 Å². The van der Waals surface area contributed by atoms with Crippen molar-refractivity contribution in [1.29, 1.82) is 0 Å². The summed E-state index contributed by atoms with van der Waals surface area (Å²) >= 11 is 8.93. The largest absolute Gasteiger partial charge is 0.507 e. The van der Waals surface area contributed by atoms with Gasteiger partial charge in [-0.05, 0) is 66.1 Å². The van der Waals surface area contributed by atoms with Crippen molar-refractivity contribution >= 4 is 57.3 Å². The van der Waals surface area contributed by atoms with Crippen LogP contribution in [-0.2, 0) is 21.9 Å². The van der Waals surface area contributed by atoms with Crippen LogP contribution in [0, 0.1) is 6.92 Å². The molecule has 11 heteroatoms. The van der Waals surface area contributed by atoms with Crippen molar-refractivity contribution in [3.05, 3.63) is 135 Å². The van der Waals surface area contributed by atoms with Crippen LogP contribution < -0.4 is 14.4 Å². The number of aromatic nitrogens is 2. The van der Waals surface area contributed by atoms with E-state index in [1.54, 1.807) is 55.6 Å². The van der Waals surface area contributed by atoms with Gasteiger partial charge in [0, 0.05) is 16.3 Å². The molecule has 1 aliphatic rings. The Hall–Kier alpha value is -4.64. The number of hydrogen-bond donors (Lipinski definition) is 1. The maximum absolute atomic E-state index is 13.6. The van der Waals surface area contributed by atoms with Gasteiger partial charge >= 0.3 is 5.91 Å².